The molecule has 2 aromatic heterocycles. The van der Waals surface area contributed by atoms with Crippen molar-refractivity contribution in [1.82, 2.24) is 25.2 Å². The number of pyridine rings is 1. The van der Waals surface area contributed by atoms with Gasteiger partial charge in [0.2, 0.25) is 5.91 Å². The van der Waals surface area contributed by atoms with E-state index in [1.165, 1.54) is 0 Å². The van der Waals surface area contributed by atoms with Crippen LogP contribution >= 0.6 is 11.6 Å². The highest BCUT2D eigenvalue weighted by Gasteiger charge is 2.39. The van der Waals surface area contributed by atoms with E-state index in [9.17, 15) is 9.59 Å². The van der Waals surface area contributed by atoms with Crippen molar-refractivity contribution in [3.63, 3.8) is 0 Å². The van der Waals surface area contributed by atoms with Crippen LogP contribution in [-0.2, 0) is 25.6 Å². The number of hydrogen-bond donors (Lipinski definition) is 2. The lowest BCUT2D eigenvalue weighted by molar-refractivity contribution is -0.138. The van der Waals surface area contributed by atoms with E-state index >= 15 is 0 Å². The summed E-state index contributed by atoms with van der Waals surface area (Å²) >= 11 is 6.66. The van der Waals surface area contributed by atoms with Crippen molar-refractivity contribution >= 4 is 34.5 Å². The molecule has 3 heterocycles. The van der Waals surface area contributed by atoms with Crippen LogP contribution in [0.2, 0.25) is 5.02 Å². The fraction of sp³-hybridized carbons (Fsp3) is 0.400. The van der Waals surface area contributed by atoms with Crippen LogP contribution in [0.4, 0.5) is 0 Å². The van der Waals surface area contributed by atoms with E-state index in [1.807, 2.05) is 58.9 Å². The van der Waals surface area contributed by atoms with Crippen LogP contribution in [0.25, 0.3) is 11.0 Å². The molecule has 212 valence electrons. The maximum Gasteiger partial charge on any atom is 0.336 e. The minimum absolute atomic E-state index is 0.105. The molecule has 2 N–H and O–H groups in total. The first-order chi connectivity index (χ1) is 19.0. The minimum Gasteiger partial charge on any atom is -0.463 e. The number of aromatic nitrogens is 3. The molecule has 1 unspecified atom stereocenters. The zero-order valence-electron chi connectivity index (χ0n) is 23.8. The number of dihydropyridines is 1. The van der Waals surface area contributed by atoms with Gasteiger partial charge in [0, 0.05) is 34.6 Å². The second-order valence-electron chi connectivity index (χ2n) is 10.7. The number of halogens is 1. The van der Waals surface area contributed by atoms with Crippen molar-refractivity contribution in [3.8, 4) is 0 Å². The molecule has 4 rings (SSSR count). The molecule has 10 heteroatoms. The van der Waals surface area contributed by atoms with Crippen LogP contribution < -0.4 is 10.6 Å². The van der Waals surface area contributed by atoms with Crippen molar-refractivity contribution in [1.29, 1.82) is 0 Å². The molecule has 40 heavy (non-hydrogen) atoms. The van der Waals surface area contributed by atoms with Crippen LogP contribution in [-0.4, -0.2) is 51.8 Å². The third kappa shape index (κ3) is 6.37. The Balaban J connectivity index is 1.68. The Kier molecular flexibility index (Phi) is 8.95. The second-order valence-corrected chi connectivity index (χ2v) is 11.1. The number of rotatable bonds is 9. The molecule has 1 aliphatic rings. The fourth-order valence-corrected chi connectivity index (χ4v) is 5.15. The molecule has 0 bridgehead atoms. The molecule has 9 nitrogen and oxygen atoms in total. The predicted molar refractivity (Wildman–Crippen MR) is 155 cm³/mol. The van der Waals surface area contributed by atoms with Gasteiger partial charge >= 0.3 is 5.97 Å². The molecular weight excluding hydrogens is 530 g/mol. The smallest absolute Gasteiger partial charge is 0.336 e. The highest BCUT2D eigenvalue weighted by molar-refractivity contribution is 6.31. The lowest BCUT2D eigenvalue weighted by atomic mass is 9.79. The number of amides is 1. The minimum atomic E-state index is -0.748. The Morgan fingerprint density at radius 2 is 1.90 bits per heavy atom. The van der Waals surface area contributed by atoms with Crippen LogP contribution in [0.1, 0.15) is 51.9 Å². The monoisotopic (exact) mass is 565 g/mol. The lowest BCUT2D eigenvalue weighted by Crippen LogP contribution is -2.45. The van der Waals surface area contributed by atoms with Crippen molar-refractivity contribution < 1.29 is 19.1 Å². The first-order valence-electron chi connectivity index (χ1n) is 13.3. The van der Waals surface area contributed by atoms with Gasteiger partial charge in [-0.3, -0.25) is 9.78 Å². The summed E-state index contributed by atoms with van der Waals surface area (Å²) in [6, 6.07) is 9.15. The first-order valence-corrected chi connectivity index (χ1v) is 13.7. The molecule has 1 atom stereocenters. The SMILES string of the molecule is CCOC(=O)C1=C(COCCn2c(C)nc3cnccc32)NC(C)=C(C(=O)NC(C)(C)C)C1c1ccccc1Cl. The number of allylic oxidation sites excluding steroid dienone is 1. The molecule has 3 aromatic rings. The summed E-state index contributed by atoms with van der Waals surface area (Å²) in [6.07, 6.45) is 3.47. The van der Waals surface area contributed by atoms with E-state index < -0.39 is 17.4 Å². The predicted octanol–water partition coefficient (Wildman–Crippen LogP) is 4.80. The van der Waals surface area contributed by atoms with Crippen LogP contribution in [0.5, 0.6) is 0 Å². The van der Waals surface area contributed by atoms with Gasteiger partial charge in [-0.15, -0.1) is 0 Å². The molecule has 1 aliphatic heterocycles. The number of nitrogens with one attached hydrogen (secondary N) is 2. The van der Waals surface area contributed by atoms with Gasteiger partial charge < -0.3 is 24.7 Å². The summed E-state index contributed by atoms with van der Waals surface area (Å²) in [5, 5.41) is 6.76. The van der Waals surface area contributed by atoms with E-state index in [0.717, 1.165) is 16.9 Å². The Hall–Kier alpha value is -3.69. The Morgan fingerprint density at radius 3 is 2.60 bits per heavy atom. The molecule has 0 spiro atoms. The molecule has 0 fully saturated rings. The van der Waals surface area contributed by atoms with E-state index in [4.69, 9.17) is 21.1 Å². The molecular formula is C30H36ClN5O4. The largest absolute Gasteiger partial charge is 0.463 e. The summed E-state index contributed by atoms with van der Waals surface area (Å²) in [5.41, 5.74) is 3.80. The summed E-state index contributed by atoms with van der Waals surface area (Å²) in [7, 11) is 0. The molecule has 0 saturated carbocycles. The maximum atomic E-state index is 13.6. The second kappa shape index (κ2) is 12.2. The molecule has 0 radical (unpaired) electrons. The Morgan fingerprint density at radius 1 is 1.15 bits per heavy atom. The van der Waals surface area contributed by atoms with E-state index in [0.29, 0.717) is 46.3 Å². The third-order valence-corrected chi connectivity index (χ3v) is 6.88. The number of esters is 1. The number of fused-ring (bicyclic) bond motifs is 1. The number of benzene rings is 1. The standard InChI is InChI=1S/C30H36ClN5O4/c1-7-40-29(38)27-23(17-39-15-14-36-19(3)34-22-16-32-13-12-24(22)36)33-18(2)25(28(37)35-30(4,5)6)26(27)20-10-8-9-11-21(20)31/h8-13,16,26,33H,7,14-15,17H2,1-6H3,(H,35,37). The molecule has 0 saturated heterocycles. The number of carbonyl (C=O) groups excluding carboxylic acids is 2. The lowest BCUT2D eigenvalue weighted by Gasteiger charge is -2.33. The van der Waals surface area contributed by atoms with Crippen molar-refractivity contribution in [2.45, 2.75) is 59.5 Å². The van der Waals surface area contributed by atoms with Gasteiger partial charge in [0.25, 0.3) is 0 Å². The first kappa shape index (κ1) is 29.3. The summed E-state index contributed by atoms with van der Waals surface area (Å²) in [6.45, 7) is 12.4. The Labute approximate surface area is 239 Å². The fourth-order valence-electron chi connectivity index (χ4n) is 4.90. The van der Waals surface area contributed by atoms with E-state index in [2.05, 4.69) is 25.2 Å². The number of imidazole rings is 1. The number of nitrogens with zero attached hydrogens (tertiary/aromatic N) is 3. The van der Waals surface area contributed by atoms with Gasteiger partial charge in [-0.1, -0.05) is 29.8 Å². The maximum absolute atomic E-state index is 13.6. The van der Waals surface area contributed by atoms with Gasteiger partial charge in [-0.25, -0.2) is 9.78 Å². The average Bonchev–Trinajstić information content (AvgIpc) is 3.20. The van der Waals surface area contributed by atoms with Gasteiger partial charge in [-0.05, 0) is 59.2 Å². The van der Waals surface area contributed by atoms with Gasteiger partial charge in [0.05, 0.1) is 48.7 Å². The summed E-state index contributed by atoms with van der Waals surface area (Å²) < 4.78 is 13.7. The average molecular weight is 566 g/mol. The van der Waals surface area contributed by atoms with Gasteiger partial charge in [-0.2, -0.15) is 0 Å². The molecule has 1 amide bonds. The zero-order chi connectivity index (χ0) is 29.0. The number of aryl methyl sites for hydroxylation is 1. The van der Waals surface area contributed by atoms with Crippen molar-refractivity contribution in [2.75, 3.05) is 19.8 Å². The number of carbonyl (C=O) groups is 2. The third-order valence-electron chi connectivity index (χ3n) is 6.54. The van der Waals surface area contributed by atoms with Crippen molar-refractivity contribution in [3.05, 3.63) is 81.7 Å². The van der Waals surface area contributed by atoms with Crippen LogP contribution in [0.3, 0.4) is 0 Å². The van der Waals surface area contributed by atoms with Gasteiger partial charge in [0.15, 0.2) is 0 Å². The molecule has 1 aromatic carbocycles. The normalized spacial score (nSPS) is 15.8. The highest BCUT2D eigenvalue weighted by atomic mass is 35.5. The number of hydrogen-bond acceptors (Lipinski definition) is 7. The summed E-state index contributed by atoms with van der Waals surface area (Å²) in [4.78, 5) is 35.8. The van der Waals surface area contributed by atoms with Crippen molar-refractivity contribution in [2.24, 2.45) is 0 Å². The number of ether oxygens (including phenoxy) is 2. The van der Waals surface area contributed by atoms with E-state index in [1.54, 1.807) is 25.4 Å². The van der Waals surface area contributed by atoms with Crippen LogP contribution in [0, 0.1) is 6.92 Å². The summed E-state index contributed by atoms with van der Waals surface area (Å²) in [5.74, 6) is -0.708. The van der Waals surface area contributed by atoms with E-state index in [-0.39, 0.29) is 19.1 Å². The topological polar surface area (TPSA) is 107 Å². The Bertz CT molecular complexity index is 1480. The molecule has 0 aliphatic carbocycles. The zero-order valence-corrected chi connectivity index (χ0v) is 24.6. The van der Waals surface area contributed by atoms with Crippen LogP contribution in [0.15, 0.2) is 65.3 Å². The highest BCUT2D eigenvalue weighted by Crippen LogP contribution is 2.41. The van der Waals surface area contributed by atoms with Gasteiger partial charge in [0.1, 0.15) is 11.3 Å². The quantitative estimate of drug-likeness (QED) is 0.283.